The van der Waals surface area contributed by atoms with E-state index in [1.165, 1.54) is 33.1 Å². The Morgan fingerprint density at radius 2 is 1.66 bits per heavy atom. The van der Waals surface area contributed by atoms with E-state index in [4.69, 9.17) is 4.74 Å². The van der Waals surface area contributed by atoms with Crippen LogP contribution in [0.2, 0.25) is 0 Å². The van der Waals surface area contributed by atoms with Gasteiger partial charge in [-0.3, -0.25) is 19.7 Å². The molecule has 0 radical (unpaired) electrons. The Balaban J connectivity index is 2.18. The maximum atomic E-state index is 12.7. The summed E-state index contributed by atoms with van der Waals surface area (Å²) in [6.45, 7) is 2.93. The predicted octanol–water partition coefficient (Wildman–Crippen LogP) is 3.85. The number of hydrogen-bond donors (Lipinski definition) is 0. The Labute approximate surface area is 168 Å². The van der Waals surface area contributed by atoms with Gasteiger partial charge in [-0.1, -0.05) is 30.3 Å². The smallest absolute Gasteiger partial charge is 0.269 e. The minimum atomic E-state index is -0.662. The van der Waals surface area contributed by atoms with Crippen molar-refractivity contribution in [2.75, 3.05) is 12.0 Å². The number of ether oxygens (including phenoxy) is 1. The van der Waals surface area contributed by atoms with Crippen molar-refractivity contribution in [2.24, 2.45) is 5.92 Å². The third-order valence-corrected chi connectivity index (χ3v) is 5.19. The van der Waals surface area contributed by atoms with E-state index >= 15 is 0 Å². The molecule has 0 saturated carbocycles. The van der Waals surface area contributed by atoms with E-state index < -0.39 is 23.0 Å². The van der Waals surface area contributed by atoms with Gasteiger partial charge in [0.15, 0.2) is 5.78 Å². The number of allylic oxidation sites excluding steroid dienone is 1. The average molecular weight is 394 g/mol. The molecule has 7 heteroatoms. The molecule has 1 aliphatic heterocycles. The number of nitro benzene ring substituents is 1. The number of Topliss-reactive ketones (excluding diaryl/α,β-unsaturated/α-hetero) is 2. The van der Waals surface area contributed by atoms with E-state index in [0.29, 0.717) is 11.1 Å². The molecule has 0 spiro atoms. The van der Waals surface area contributed by atoms with Crippen molar-refractivity contribution >= 4 is 22.9 Å². The van der Waals surface area contributed by atoms with E-state index in [0.717, 1.165) is 5.69 Å². The van der Waals surface area contributed by atoms with Crippen LogP contribution in [0.5, 0.6) is 0 Å². The lowest BCUT2D eigenvalue weighted by Crippen LogP contribution is -2.49. The van der Waals surface area contributed by atoms with Crippen molar-refractivity contribution in [2.45, 2.75) is 26.0 Å². The second-order valence-corrected chi connectivity index (χ2v) is 6.97. The number of nitrogens with zero attached hydrogens (tertiary/aromatic N) is 2. The number of carbonyl (C=O) groups is 2. The van der Waals surface area contributed by atoms with Gasteiger partial charge in [0.2, 0.25) is 0 Å². The Hall–Kier alpha value is -3.32. The van der Waals surface area contributed by atoms with Crippen LogP contribution in [-0.2, 0) is 14.3 Å². The number of ketones is 2. The maximum Gasteiger partial charge on any atom is 0.269 e. The zero-order valence-corrected chi connectivity index (χ0v) is 16.4. The summed E-state index contributed by atoms with van der Waals surface area (Å²) in [7, 11) is 1.52. The van der Waals surface area contributed by atoms with E-state index in [1.807, 2.05) is 30.3 Å². The summed E-state index contributed by atoms with van der Waals surface area (Å²) in [6.07, 6.45) is 1.09. The zero-order chi connectivity index (χ0) is 21.1. The standard InChI is InChI=1S/C22H22N2O5/c1-14(25)19-13-23(17-7-5-4-6-8-17)22(29-3)20(15(2)26)21(19)16-9-11-18(12-10-16)24(27)28/h4-13,20-22H,1-3H3/t20-,21+,22+/m0/s1. The number of hydrogen-bond acceptors (Lipinski definition) is 6. The third-order valence-electron chi connectivity index (χ3n) is 5.19. The first-order valence-corrected chi connectivity index (χ1v) is 9.18. The SMILES string of the molecule is CO[C@@H]1[C@@H](C(C)=O)[C@H](c2ccc([N+](=O)[O-])cc2)C(C(C)=O)=CN1c1ccccc1. The average Bonchev–Trinajstić information content (AvgIpc) is 2.72. The van der Waals surface area contributed by atoms with Crippen LogP contribution in [0.25, 0.3) is 0 Å². The third kappa shape index (κ3) is 3.95. The number of non-ortho nitro benzene ring substituents is 1. The van der Waals surface area contributed by atoms with E-state index in [9.17, 15) is 19.7 Å². The van der Waals surface area contributed by atoms with Gasteiger partial charge in [0.25, 0.3) is 5.69 Å². The van der Waals surface area contributed by atoms with Gasteiger partial charge in [-0.2, -0.15) is 0 Å². The van der Waals surface area contributed by atoms with E-state index in [-0.39, 0.29) is 17.3 Å². The van der Waals surface area contributed by atoms with Crippen LogP contribution in [-0.4, -0.2) is 29.8 Å². The summed E-state index contributed by atoms with van der Waals surface area (Å²) in [5, 5.41) is 11.0. The molecule has 0 aliphatic carbocycles. The molecular weight excluding hydrogens is 372 g/mol. The van der Waals surface area contributed by atoms with Crippen LogP contribution in [0.3, 0.4) is 0 Å². The fraction of sp³-hybridized carbons (Fsp3) is 0.273. The molecule has 0 unspecified atom stereocenters. The number of carbonyl (C=O) groups excluding carboxylic acids is 2. The minimum absolute atomic E-state index is 0.0495. The molecule has 7 nitrogen and oxygen atoms in total. The number of rotatable bonds is 6. The van der Waals surface area contributed by atoms with Crippen LogP contribution in [0.15, 0.2) is 66.4 Å². The normalized spacial score (nSPS) is 21.4. The highest BCUT2D eigenvalue weighted by molar-refractivity contribution is 5.97. The van der Waals surface area contributed by atoms with Crippen molar-refractivity contribution in [1.29, 1.82) is 0 Å². The number of benzene rings is 2. The number of anilines is 1. The molecule has 0 saturated heterocycles. The maximum absolute atomic E-state index is 12.7. The Bertz CT molecular complexity index is 953. The summed E-state index contributed by atoms with van der Waals surface area (Å²) < 4.78 is 5.71. The second kappa shape index (κ2) is 8.36. The molecule has 0 N–H and O–H groups in total. The van der Waals surface area contributed by atoms with Crippen LogP contribution in [0, 0.1) is 16.0 Å². The molecule has 0 fully saturated rings. The van der Waals surface area contributed by atoms with Crippen LogP contribution >= 0.6 is 0 Å². The summed E-state index contributed by atoms with van der Waals surface area (Å²) in [6, 6.07) is 15.3. The van der Waals surface area contributed by atoms with Gasteiger partial charge in [-0.05, 0) is 31.5 Å². The summed E-state index contributed by atoms with van der Waals surface area (Å²) in [5.74, 6) is -1.52. The first-order chi connectivity index (χ1) is 13.8. The van der Waals surface area contributed by atoms with Crippen LogP contribution in [0.4, 0.5) is 11.4 Å². The monoisotopic (exact) mass is 394 g/mol. The molecule has 29 heavy (non-hydrogen) atoms. The van der Waals surface area contributed by atoms with Crippen molar-refractivity contribution in [1.82, 2.24) is 0 Å². The Kier molecular flexibility index (Phi) is 5.89. The lowest BCUT2D eigenvalue weighted by Gasteiger charge is -2.43. The summed E-state index contributed by atoms with van der Waals surface area (Å²) in [5.41, 5.74) is 1.86. The van der Waals surface area contributed by atoms with Crippen molar-refractivity contribution in [3.05, 3.63) is 82.0 Å². The van der Waals surface area contributed by atoms with Crippen LogP contribution in [0.1, 0.15) is 25.3 Å². The second-order valence-electron chi connectivity index (χ2n) is 6.97. The quantitative estimate of drug-likeness (QED) is 0.546. The molecule has 0 bridgehead atoms. The highest BCUT2D eigenvalue weighted by atomic mass is 16.6. The number of para-hydroxylation sites is 1. The largest absolute Gasteiger partial charge is 0.360 e. The first-order valence-electron chi connectivity index (χ1n) is 9.18. The van der Waals surface area contributed by atoms with Gasteiger partial charge < -0.3 is 9.64 Å². The zero-order valence-electron chi connectivity index (χ0n) is 16.4. The summed E-state index contributed by atoms with van der Waals surface area (Å²) in [4.78, 5) is 37.6. The molecule has 0 aromatic heterocycles. The number of methoxy groups -OCH3 is 1. The first kappa shape index (κ1) is 20.4. The van der Waals surface area contributed by atoms with Gasteiger partial charge >= 0.3 is 0 Å². The predicted molar refractivity (Wildman–Crippen MR) is 108 cm³/mol. The topological polar surface area (TPSA) is 89.7 Å². The fourth-order valence-electron chi connectivity index (χ4n) is 3.85. The molecule has 1 heterocycles. The van der Waals surface area contributed by atoms with E-state index in [1.54, 1.807) is 23.2 Å². The minimum Gasteiger partial charge on any atom is -0.360 e. The van der Waals surface area contributed by atoms with Gasteiger partial charge in [0, 0.05) is 42.6 Å². The molecule has 2 aromatic rings. The molecule has 3 rings (SSSR count). The van der Waals surface area contributed by atoms with Gasteiger partial charge in [0.1, 0.15) is 12.0 Å². The molecule has 3 atom stereocenters. The molecular formula is C22H22N2O5. The van der Waals surface area contributed by atoms with Crippen LogP contribution < -0.4 is 4.90 Å². The molecule has 2 aromatic carbocycles. The molecule has 150 valence electrons. The lowest BCUT2D eigenvalue weighted by atomic mass is 9.74. The fourth-order valence-corrected chi connectivity index (χ4v) is 3.85. The van der Waals surface area contributed by atoms with Gasteiger partial charge in [-0.25, -0.2) is 0 Å². The van der Waals surface area contributed by atoms with Gasteiger partial charge in [0.05, 0.1) is 10.8 Å². The highest BCUT2D eigenvalue weighted by Gasteiger charge is 2.44. The number of nitro groups is 1. The van der Waals surface area contributed by atoms with E-state index in [2.05, 4.69) is 0 Å². The molecule has 1 aliphatic rings. The summed E-state index contributed by atoms with van der Waals surface area (Å²) >= 11 is 0. The Morgan fingerprint density at radius 1 is 1.03 bits per heavy atom. The molecule has 0 amide bonds. The van der Waals surface area contributed by atoms with Crippen molar-refractivity contribution in [3.8, 4) is 0 Å². The van der Waals surface area contributed by atoms with Crippen molar-refractivity contribution < 1.29 is 19.2 Å². The highest BCUT2D eigenvalue weighted by Crippen LogP contribution is 2.43. The Morgan fingerprint density at radius 3 is 2.14 bits per heavy atom. The lowest BCUT2D eigenvalue weighted by molar-refractivity contribution is -0.384. The van der Waals surface area contributed by atoms with Crippen molar-refractivity contribution in [3.63, 3.8) is 0 Å². The van der Waals surface area contributed by atoms with Gasteiger partial charge in [-0.15, -0.1) is 0 Å².